The van der Waals surface area contributed by atoms with Gasteiger partial charge in [0, 0.05) is 49.6 Å². The highest BCUT2D eigenvalue weighted by Gasteiger charge is 2.47. The van der Waals surface area contributed by atoms with Crippen molar-refractivity contribution in [2.24, 2.45) is 11.8 Å². The van der Waals surface area contributed by atoms with Crippen molar-refractivity contribution in [1.82, 2.24) is 14.9 Å². The summed E-state index contributed by atoms with van der Waals surface area (Å²) in [5, 5.41) is 9.67. The van der Waals surface area contributed by atoms with Crippen LogP contribution in [0.25, 0.3) is 0 Å². The molecule has 0 saturated carbocycles. The van der Waals surface area contributed by atoms with Crippen molar-refractivity contribution < 1.29 is 28.2 Å². The van der Waals surface area contributed by atoms with E-state index in [-0.39, 0.29) is 53.4 Å². The maximum absolute atomic E-state index is 13.7. The quantitative estimate of drug-likeness (QED) is 0.475. The molecule has 3 atom stereocenters. The number of aromatic carboxylic acids is 1. The first kappa shape index (κ1) is 26.5. The number of benzene rings is 2. The van der Waals surface area contributed by atoms with Crippen LogP contribution in [0.15, 0.2) is 54.7 Å². The number of carbonyl (C=O) groups is 2. The van der Waals surface area contributed by atoms with Gasteiger partial charge in [-0.3, -0.25) is 4.79 Å². The molecule has 39 heavy (non-hydrogen) atoms. The van der Waals surface area contributed by atoms with Gasteiger partial charge in [-0.05, 0) is 48.4 Å². The minimum Gasteiger partial charge on any atom is -0.487 e. The minimum absolute atomic E-state index is 0.0145. The Labute approximate surface area is 225 Å². The van der Waals surface area contributed by atoms with Crippen LogP contribution in [0.3, 0.4) is 0 Å². The lowest BCUT2D eigenvalue weighted by Gasteiger charge is -2.39. The van der Waals surface area contributed by atoms with E-state index in [1.165, 1.54) is 42.6 Å². The summed E-state index contributed by atoms with van der Waals surface area (Å²) in [5.74, 6) is -1.07. The third kappa shape index (κ3) is 5.55. The molecule has 1 N–H and O–H groups in total. The molecule has 2 aliphatic rings. The molecule has 204 valence electrons. The van der Waals surface area contributed by atoms with E-state index in [4.69, 9.17) is 4.74 Å². The standard InChI is InChI=1S/C29H30F2N4O4/c1-17(2)27(36)35-15-23(18-3-5-19(30)6-4-18)24-14-34(12-11-26(24)35)29-32-13-22(28(37)38)25(33-29)16-39-21-9-7-20(31)8-10-21/h3-10,13,17,23-24,26H,11-12,14-16H2,1-2H3,(H,37,38)/t23-,24+,26-/m1/s1. The molecule has 0 bridgehead atoms. The van der Waals surface area contributed by atoms with E-state index in [9.17, 15) is 23.5 Å². The zero-order valence-corrected chi connectivity index (χ0v) is 21.8. The normalized spacial score (nSPS) is 20.7. The molecule has 2 saturated heterocycles. The van der Waals surface area contributed by atoms with Crippen molar-refractivity contribution in [1.29, 1.82) is 0 Å². The number of aromatic nitrogens is 2. The fourth-order valence-corrected chi connectivity index (χ4v) is 5.59. The highest BCUT2D eigenvalue weighted by molar-refractivity contribution is 5.88. The van der Waals surface area contributed by atoms with E-state index in [0.717, 1.165) is 5.56 Å². The number of hydrogen-bond donors (Lipinski definition) is 1. The van der Waals surface area contributed by atoms with Crippen LogP contribution in [0.2, 0.25) is 0 Å². The molecular formula is C29H30F2N4O4. The number of amides is 1. The third-order valence-corrected chi connectivity index (χ3v) is 7.56. The lowest BCUT2D eigenvalue weighted by Crippen LogP contribution is -2.49. The summed E-state index contributed by atoms with van der Waals surface area (Å²) in [4.78, 5) is 37.8. The summed E-state index contributed by atoms with van der Waals surface area (Å²) in [6.07, 6.45) is 1.98. The van der Waals surface area contributed by atoms with E-state index >= 15 is 0 Å². The van der Waals surface area contributed by atoms with Crippen molar-refractivity contribution in [3.63, 3.8) is 0 Å². The van der Waals surface area contributed by atoms with Gasteiger partial charge in [-0.2, -0.15) is 0 Å². The van der Waals surface area contributed by atoms with Crippen molar-refractivity contribution in [3.05, 3.63) is 83.2 Å². The van der Waals surface area contributed by atoms with Gasteiger partial charge in [0.25, 0.3) is 0 Å². The first-order valence-electron chi connectivity index (χ1n) is 13.0. The van der Waals surface area contributed by atoms with E-state index in [1.54, 1.807) is 12.1 Å². The summed E-state index contributed by atoms with van der Waals surface area (Å²) in [6, 6.07) is 11.9. The SMILES string of the molecule is CC(C)C(=O)N1C[C@H](c2ccc(F)cc2)[C@@H]2CN(c3ncc(C(=O)O)c(COc4ccc(F)cc4)n3)CC[C@H]21. The number of anilines is 1. The molecule has 1 aromatic heterocycles. The first-order chi connectivity index (χ1) is 18.7. The molecular weight excluding hydrogens is 506 g/mol. The number of ether oxygens (including phenoxy) is 1. The zero-order chi connectivity index (χ0) is 27.7. The molecule has 3 aromatic rings. The molecule has 0 radical (unpaired) electrons. The lowest BCUT2D eigenvalue weighted by molar-refractivity contribution is -0.135. The monoisotopic (exact) mass is 536 g/mol. The Kier molecular flexibility index (Phi) is 7.45. The largest absolute Gasteiger partial charge is 0.487 e. The van der Waals surface area contributed by atoms with Crippen LogP contribution in [0.5, 0.6) is 5.75 Å². The summed E-state index contributed by atoms with van der Waals surface area (Å²) in [6.45, 7) is 5.36. The topological polar surface area (TPSA) is 95.9 Å². The summed E-state index contributed by atoms with van der Waals surface area (Å²) in [5.41, 5.74) is 1.11. The van der Waals surface area contributed by atoms with E-state index < -0.39 is 11.8 Å². The van der Waals surface area contributed by atoms with Gasteiger partial charge in [0.2, 0.25) is 11.9 Å². The van der Waals surface area contributed by atoms with Crippen molar-refractivity contribution in [2.75, 3.05) is 24.5 Å². The molecule has 10 heteroatoms. The number of carboxylic acids is 1. The summed E-state index contributed by atoms with van der Waals surface area (Å²) < 4.78 is 32.6. The molecule has 8 nitrogen and oxygen atoms in total. The van der Waals surface area contributed by atoms with E-state index in [2.05, 4.69) is 9.97 Å². The molecule has 3 heterocycles. The number of likely N-dealkylation sites (tertiary alicyclic amines) is 1. The average Bonchev–Trinajstić information content (AvgIpc) is 3.31. The van der Waals surface area contributed by atoms with Gasteiger partial charge in [0.15, 0.2) is 0 Å². The lowest BCUT2D eigenvalue weighted by atomic mass is 9.82. The van der Waals surface area contributed by atoms with Crippen molar-refractivity contribution in [2.45, 2.75) is 38.8 Å². The maximum atomic E-state index is 13.7. The highest BCUT2D eigenvalue weighted by atomic mass is 19.1. The fraction of sp³-hybridized carbons (Fsp3) is 0.379. The Hall–Kier alpha value is -4.08. The van der Waals surface area contributed by atoms with E-state index in [1.807, 2.05) is 23.6 Å². The van der Waals surface area contributed by atoms with E-state index in [0.29, 0.717) is 37.8 Å². The highest BCUT2D eigenvalue weighted by Crippen LogP contribution is 2.42. The van der Waals surface area contributed by atoms with Gasteiger partial charge in [0.05, 0.1) is 5.69 Å². The smallest absolute Gasteiger partial charge is 0.339 e. The molecule has 2 aromatic carbocycles. The zero-order valence-electron chi connectivity index (χ0n) is 21.8. The number of fused-ring (bicyclic) bond motifs is 1. The Morgan fingerprint density at radius 3 is 2.36 bits per heavy atom. The van der Waals surface area contributed by atoms with Gasteiger partial charge in [-0.1, -0.05) is 26.0 Å². The van der Waals surface area contributed by atoms with Gasteiger partial charge in [-0.15, -0.1) is 0 Å². The molecule has 5 rings (SSSR count). The predicted molar refractivity (Wildman–Crippen MR) is 140 cm³/mol. The van der Waals surface area contributed by atoms with Crippen LogP contribution in [-0.4, -0.2) is 57.5 Å². The predicted octanol–water partition coefficient (Wildman–Crippen LogP) is 4.51. The Bertz CT molecular complexity index is 1350. The fourth-order valence-electron chi connectivity index (χ4n) is 5.59. The molecule has 2 aliphatic heterocycles. The second kappa shape index (κ2) is 11.0. The van der Waals surface area contributed by atoms with Crippen LogP contribution in [-0.2, 0) is 11.4 Å². The Morgan fingerprint density at radius 2 is 1.72 bits per heavy atom. The Morgan fingerprint density at radius 1 is 1.05 bits per heavy atom. The first-order valence-corrected chi connectivity index (χ1v) is 13.0. The molecule has 0 unspecified atom stereocenters. The third-order valence-electron chi connectivity index (χ3n) is 7.56. The number of rotatable bonds is 7. The van der Waals surface area contributed by atoms with Crippen LogP contribution >= 0.6 is 0 Å². The average molecular weight is 537 g/mol. The second-order valence-corrected chi connectivity index (χ2v) is 10.3. The maximum Gasteiger partial charge on any atom is 0.339 e. The van der Waals surface area contributed by atoms with Gasteiger partial charge < -0.3 is 19.6 Å². The molecule has 2 fully saturated rings. The van der Waals surface area contributed by atoms with Crippen LogP contribution in [0.4, 0.5) is 14.7 Å². The number of nitrogens with zero attached hydrogens (tertiary/aromatic N) is 4. The summed E-state index contributed by atoms with van der Waals surface area (Å²) >= 11 is 0. The van der Waals surface area contributed by atoms with Gasteiger partial charge in [0.1, 0.15) is 29.6 Å². The van der Waals surface area contributed by atoms with Crippen LogP contribution < -0.4 is 9.64 Å². The number of hydrogen-bond acceptors (Lipinski definition) is 6. The molecule has 1 amide bonds. The Balaban J connectivity index is 1.40. The second-order valence-electron chi connectivity index (χ2n) is 10.3. The van der Waals surface area contributed by atoms with Crippen molar-refractivity contribution >= 4 is 17.8 Å². The number of carboxylic acid groups (broad SMARTS) is 1. The summed E-state index contributed by atoms with van der Waals surface area (Å²) in [7, 11) is 0. The molecule has 0 aliphatic carbocycles. The number of carbonyl (C=O) groups excluding carboxylic acids is 1. The number of piperidine rings is 1. The van der Waals surface area contributed by atoms with Crippen molar-refractivity contribution in [3.8, 4) is 5.75 Å². The van der Waals surface area contributed by atoms with Gasteiger partial charge >= 0.3 is 5.97 Å². The molecule has 0 spiro atoms. The minimum atomic E-state index is -1.17. The van der Waals surface area contributed by atoms with Gasteiger partial charge in [-0.25, -0.2) is 23.5 Å². The van der Waals surface area contributed by atoms with Crippen LogP contribution in [0, 0.1) is 23.5 Å². The van der Waals surface area contributed by atoms with Crippen LogP contribution in [0.1, 0.15) is 47.8 Å². The number of halogens is 2.